The van der Waals surface area contributed by atoms with Crippen molar-refractivity contribution < 1.29 is 0 Å². The molecule has 0 atom stereocenters. The van der Waals surface area contributed by atoms with Crippen LogP contribution in [0.3, 0.4) is 0 Å². The van der Waals surface area contributed by atoms with Gasteiger partial charge >= 0.3 is 0 Å². The van der Waals surface area contributed by atoms with Crippen LogP contribution in [-0.2, 0) is 0 Å². The molecule has 0 aliphatic rings. The number of hydrogen-bond acceptors (Lipinski definition) is 1. The van der Waals surface area contributed by atoms with Crippen molar-refractivity contribution in [2.75, 3.05) is 6.54 Å². The third-order valence-electron chi connectivity index (χ3n) is 1.32. The van der Waals surface area contributed by atoms with Crippen LogP contribution in [0.4, 0.5) is 0 Å². The first-order valence-electron chi connectivity index (χ1n) is 3.45. The van der Waals surface area contributed by atoms with E-state index >= 15 is 0 Å². The van der Waals surface area contributed by atoms with Crippen LogP contribution in [0.2, 0.25) is 0 Å². The minimum atomic E-state index is 0. The number of rotatable bonds is 2. The molecule has 0 unspecified atom stereocenters. The second-order valence-electron chi connectivity index (χ2n) is 2.19. The smallest absolute Gasteiger partial charge is 0.0175 e. The first-order chi connectivity index (χ1) is 5.33. The van der Waals surface area contributed by atoms with Crippen LogP contribution >= 0.6 is 28.3 Å². The summed E-state index contributed by atoms with van der Waals surface area (Å²) in [5.41, 5.74) is 6.49. The van der Waals surface area contributed by atoms with Gasteiger partial charge in [-0.3, -0.25) is 0 Å². The quantitative estimate of drug-likeness (QED) is 0.856. The van der Waals surface area contributed by atoms with Crippen LogP contribution in [-0.4, -0.2) is 6.54 Å². The number of halogens is 2. The van der Waals surface area contributed by atoms with Crippen molar-refractivity contribution in [3.63, 3.8) is 0 Å². The highest BCUT2D eigenvalue weighted by molar-refractivity contribution is 9.10. The molecule has 1 nitrogen and oxygen atoms in total. The van der Waals surface area contributed by atoms with Gasteiger partial charge in [0, 0.05) is 11.0 Å². The Labute approximate surface area is 87.2 Å². The highest BCUT2D eigenvalue weighted by atomic mass is 79.9. The van der Waals surface area contributed by atoms with E-state index in [1.54, 1.807) is 0 Å². The van der Waals surface area contributed by atoms with Crippen LogP contribution in [0.25, 0.3) is 6.08 Å². The molecule has 0 aliphatic carbocycles. The molecular weight excluding hydrogens is 237 g/mol. The highest BCUT2D eigenvalue weighted by Crippen LogP contribution is 2.11. The molecule has 0 aliphatic heterocycles. The number of benzene rings is 1. The summed E-state index contributed by atoms with van der Waals surface area (Å²) in [6, 6.07) is 8.10. The maximum atomic E-state index is 5.31. The Morgan fingerprint density at radius 2 is 1.83 bits per heavy atom. The van der Waals surface area contributed by atoms with Crippen molar-refractivity contribution in [1.29, 1.82) is 0 Å². The lowest BCUT2D eigenvalue weighted by Crippen LogP contribution is -1.91. The van der Waals surface area contributed by atoms with Crippen molar-refractivity contribution in [2.24, 2.45) is 5.73 Å². The SMILES string of the molecule is Cl.NC/C=C/c1ccc(Br)cc1. The average Bonchev–Trinajstić information content (AvgIpc) is 2.04. The van der Waals surface area contributed by atoms with E-state index in [1.807, 2.05) is 36.4 Å². The van der Waals surface area contributed by atoms with Gasteiger partial charge in [-0.25, -0.2) is 0 Å². The summed E-state index contributed by atoms with van der Waals surface area (Å²) in [7, 11) is 0. The lowest BCUT2D eigenvalue weighted by Gasteiger charge is -1.92. The van der Waals surface area contributed by atoms with Gasteiger partial charge in [0.15, 0.2) is 0 Å². The van der Waals surface area contributed by atoms with E-state index in [-0.39, 0.29) is 12.4 Å². The highest BCUT2D eigenvalue weighted by Gasteiger charge is 1.85. The zero-order chi connectivity index (χ0) is 8.10. The summed E-state index contributed by atoms with van der Waals surface area (Å²) in [5.74, 6) is 0. The second kappa shape index (κ2) is 6.23. The first-order valence-corrected chi connectivity index (χ1v) is 4.24. The van der Waals surface area contributed by atoms with Crippen LogP contribution in [0.15, 0.2) is 34.8 Å². The minimum absolute atomic E-state index is 0. The van der Waals surface area contributed by atoms with Gasteiger partial charge in [-0.2, -0.15) is 0 Å². The average molecular weight is 249 g/mol. The van der Waals surface area contributed by atoms with Crippen LogP contribution in [0, 0.1) is 0 Å². The molecule has 1 aromatic carbocycles. The topological polar surface area (TPSA) is 26.0 Å². The first kappa shape index (κ1) is 11.7. The van der Waals surface area contributed by atoms with Gasteiger partial charge in [-0.15, -0.1) is 12.4 Å². The molecule has 2 N–H and O–H groups in total. The predicted molar refractivity (Wildman–Crippen MR) is 59.5 cm³/mol. The van der Waals surface area contributed by atoms with Crippen molar-refractivity contribution in [3.05, 3.63) is 40.4 Å². The third-order valence-corrected chi connectivity index (χ3v) is 1.85. The Balaban J connectivity index is 0.00000121. The maximum Gasteiger partial charge on any atom is 0.0175 e. The molecule has 0 heterocycles. The molecule has 1 rings (SSSR count). The van der Waals surface area contributed by atoms with Gasteiger partial charge in [0.1, 0.15) is 0 Å². The Morgan fingerprint density at radius 1 is 1.25 bits per heavy atom. The van der Waals surface area contributed by atoms with Crippen molar-refractivity contribution in [1.82, 2.24) is 0 Å². The number of nitrogens with two attached hydrogens (primary N) is 1. The lowest BCUT2D eigenvalue weighted by molar-refractivity contribution is 1.26. The van der Waals surface area contributed by atoms with E-state index in [4.69, 9.17) is 5.73 Å². The Kier molecular flexibility index (Phi) is 6.07. The zero-order valence-corrected chi connectivity index (χ0v) is 8.94. The monoisotopic (exact) mass is 247 g/mol. The van der Waals surface area contributed by atoms with E-state index in [2.05, 4.69) is 15.9 Å². The van der Waals surface area contributed by atoms with Gasteiger partial charge in [-0.05, 0) is 17.7 Å². The van der Waals surface area contributed by atoms with Crippen molar-refractivity contribution in [2.45, 2.75) is 0 Å². The minimum Gasteiger partial charge on any atom is -0.327 e. The lowest BCUT2D eigenvalue weighted by atomic mass is 10.2. The summed E-state index contributed by atoms with van der Waals surface area (Å²) >= 11 is 3.36. The Morgan fingerprint density at radius 3 is 2.33 bits per heavy atom. The fraction of sp³-hybridized carbons (Fsp3) is 0.111. The molecule has 12 heavy (non-hydrogen) atoms. The van der Waals surface area contributed by atoms with E-state index < -0.39 is 0 Å². The predicted octanol–water partition coefficient (Wildman–Crippen LogP) is 2.84. The van der Waals surface area contributed by atoms with Gasteiger partial charge in [-0.1, -0.05) is 40.2 Å². The molecule has 0 saturated carbocycles. The van der Waals surface area contributed by atoms with Crippen LogP contribution in [0.5, 0.6) is 0 Å². The van der Waals surface area contributed by atoms with E-state index in [0.717, 1.165) is 4.47 Å². The Bertz CT molecular complexity index is 243. The summed E-state index contributed by atoms with van der Waals surface area (Å²) in [5, 5.41) is 0. The van der Waals surface area contributed by atoms with E-state index in [1.165, 1.54) is 5.56 Å². The normalized spacial score (nSPS) is 9.83. The molecule has 3 heteroatoms. The van der Waals surface area contributed by atoms with Gasteiger partial charge in [0.2, 0.25) is 0 Å². The summed E-state index contributed by atoms with van der Waals surface area (Å²) in [4.78, 5) is 0. The molecule has 66 valence electrons. The zero-order valence-electron chi connectivity index (χ0n) is 6.53. The fourth-order valence-corrected chi connectivity index (χ4v) is 1.04. The molecule has 0 aromatic heterocycles. The molecular formula is C9H11BrClN. The van der Waals surface area contributed by atoms with Gasteiger partial charge in [0.25, 0.3) is 0 Å². The Hall–Kier alpha value is -0.310. The summed E-state index contributed by atoms with van der Waals surface area (Å²) in [6.07, 6.45) is 3.94. The standard InChI is InChI=1S/C9H10BrN.ClH/c10-9-5-3-8(4-6-9)2-1-7-11;/h1-6H,7,11H2;1H/b2-1+;. The fourth-order valence-electron chi connectivity index (χ4n) is 0.778. The summed E-state index contributed by atoms with van der Waals surface area (Å²) < 4.78 is 1.10. The van der Waals surface area contributed by atoms with E-state index in [9.17, 15) is 0 Å². The molecule has 0 saturated heterocycles. The largest absolute Gasteiger partial charge is 0.327 e. The molecule has 0 spiro atoms. The van der Waals surface area contributed by atoms with E-state index in [0.29, 0.717) is 6.54 Å². The molecule has 0 bridgehead atoms. The third kappa shape index (κ3) is 3.90. The van der Waals surface area contributed by atoms with Gasteiger partial charge in [0.05, 0.1) is 0 Å². The van der Waals surface area contributed by atoms with Crippen LogP contribution in [0.1, 0.15) is 5.56 Å². The molecule has 0 radical (unpaired) electrons. The second-order valence-corrected chi connectivity index (χ2v) is 3.11. The van der Waals surface area contributed by atoms with Crippen molar-refractivity contribution in [3.8, 4) is 0 Å². The molecule has 1 aromatic rings. The van der Waals surface area contributed by atoms with Gasteiger partial charge < -0.3 is 5.73 Å². The number of hydrogen-bond donors (Lipinski definition) is 1. The maximum absolute atomic E-state index is 5.31. The molecule has 0 amide bonds. The summed E-state index contributed by atoms with van der Waals surface area (Å²) in [6.45, 7) is 0.593. The van der Waals surface area contributed by atoms with Crippen molar-refractivity contribution >= 4 is 34.4 Å². The van der Waals surface area contributed by atoms with Crippen LogP contribution < -0.4 is 5.73 Å². The molecule has 0 fully saturated rings.